The molecule has 0 aliphatic carbocycles. The first-order valence-electron chi connectivity index (χ1n) is 7.36. The van der Waals surface area contributed by atoms with Gasteiger partial charge in [-0.15, -0.1) is 0 Å². The number of aromatic amines is 1. The Morgan fingerprint density at radius 2 is 2.19 bits per heavy atom. The molecule has 3 N–H and O–H groups in total. The Bertz CT molecular complexity index is 634. The summed E-state index contributed by atoms with van der Waals surface area (Å²) in [5.41, 5.74) is 0.713. The van der Waals surface area contributed by atoms with Gasteiger partial charge in [-0.3, -0.25) is 9.89 Å². The number of H-pyrrole nitrogens is 1. The molecule has 21 heavy (non-hydrogen) atoms. The van der Waals surface area contributed by atoms with Crippen molar-refractivity contribution in [3.63, 3.8) is 0 Å². The van der Waals surface area contributed by atoms with E-state index in [0.717, 1.165) is 32.4 Å². The predicted molar refractivity (Wildman–Crippen MR) is 79.5 cm³/mol. The number of nitrogens with one attached hydrogen (secondary N) is 3. The van der Waals surface area contributed by atoms with Crippen LogP contribution < -0.4 is 10.6 Å². The predicted octanol–water partition coefficient (Wildman–Crippen LogP) is 2.42. The third-order valence-corrected chi connectivity index (χ3v) is 4.02. The maximum Gasteiger partial charge on any atom is 0.225 e. The first-order valence-corrected chi connectivity index (χ1v) is 7.36. The van der Waals surface area contributed by atoms with Crippen molar-refractivity contribution >= 4 is 22.6 Å². The smallest absolute Gasteiger partial charge is 0.225 e. The highest BCUT2D eigenvalue weighted by molar-refractivity contribution is 5.99. The average molecular weight is 290 g/mol. The second-order valence-corrected chi connectivity index (χ2v) is 5.54. The number of hydrogen-bond acceptors (Lipinski definition) is 3. The van der Waals surface area contributed by atoms with E-state index >= 15 is 0 Å². The van der Waals surface area contributed by atoms with Gasteiger partial charge < -0.3 is 10.6 Å². The van der Waals surface area contributed by atoms with E-state index < -0.39 is 0 Å². The van der Waals surface area contributed by atoms with E-state index in [9.17, 15) is 9.18 Å². The number of aromatic nitrogens is 2. The van der Waals surface area contributed by atoms with Crippen molar-refractivity contribution in [2.75, 3.05) is 18.4 Å². The summed E-state index contributed by atoms with van der Waals surface area (Å²) in [5, 5.41) is 13.5. The molecule has 1 aromatic carbocycles. The van der Waals surface area contributed by atoms with E-state index in [-0.39, 0.29) is 11.7 Å². The number of benzene rings is 1. The van der Waals surface area contributed by atoms with Gasteiger partial charge >= 0.3 is 0 Å². The lowest BCUT2D eigenvalue weighted by molar-refractivity contribution is -0.116. The zero-order valence-corrected chi connectivity index (χ0v) is 11.8. The van der Waals surface area contributed by atoms with Gasteiger partial charge in [0, 0.05) is 11.8 Å². The number of halogens is 1. The van der Waals surface area contributed by atoms with Crippen molar-refractivity contribution in [3.05, 3.63) is 24.0 Å². The summed E-state index contributed by atoms with van der Waals surface area (Å²) >= 11 is 0. The molecule has 1 aliphatic rings. The Morgan fingerprint density at radius 3 is 3.00 bits per heavy atom. The molecule has 112 valence electrons. The van der Waals surface area contributed by atoms with E-state index in [1.54, 1.807) is 6.07 Å². The van der Waals surface area contributed by atoms with Crippen LogP contribution in [-0.4, -0.2) is 29.2 Å². The number of anilines is 1. The molecule has 5 nitrogen and oxygen atoms in total. The van der Waals surface area contributed by atoms with Crippen molar-refractivity contribution < 1.29 is 9.18 Å². The summed E-state index contributed by atoms with van der Waals surface area (Å²) in [7, 11) is 0. The normalized spacial score (nSPS) is 16.2. The molecule has 0 atom stereocenters. The maximum atomic E-state index is 13.3. The van der Waals surface area contributed by atoms with Gasteiger partial charge in [-0.05, 0) is 56.5 Å². The minimum Gasteiger partial charge on any atom is -0.317 e. The topological polar surface area (TPSA) is 69.8 Å². The molecular formula is C15H19FN4O. The molecule has 2 aromatic rings. The number of carbonyl (C=O) groups excluding carboxylic acids is 1. The van der Waals surface area contributed by atoms with Crippen LogP contribution >= 0.6 is 0 Å². The molecule has 0 spiro atoms. The van der Waals surface area contributed by atoms with Gasteiger partial charge in [0.15, 0.2) is 5.82 Å². The van der Waals surface area contributed by atoms with Crippen molar-refractivity contribution in [2.45, 2.75) is 25.7 Å². The van der Waals surface area contributed by atoms with Crippen LogP contribution in [0.2, 0.25) is 0 Å². The molecule has 1 aromatic heterocycles. The highest BCUT2D eigenvalue weighted by Gasteiger charge is 2.15. The van der Waals surface area contributed by atoms with E-state index in [0.29, 0.717) is 29.1 Å². The van der Waals surface area contributed by atoms with Crippen LogP contribution in [0, 0.1) is 11.7 Å². The number of piperidine rings is 1. The third-order valence-electron chi connectivity index (χ3n) is 4.02. The van der Waals surface area contributed by atoms with Crippen LogP contribution in [0.5, 0.6) is 0 Å². The molecule has 0 saturated carbocycles. The zero-order chi connectivity index (χ0) is 14.7. The van der Waals surface area contributed by atoms with Crippen LogP contribution in [-0.2, 0) is 4.79 Å². The standard InChI is InChI=1S/C15H19FN4O/c16-11-2-3-13-12(9-11)15(20-19-13)18-14(21)4-1-10-5-7-17-8-6-10/h2-3,9-10,17H,1,4-8H2,(H2,18,19,20,21). The van der Waals surface area contributed by atoms with Gasteiger partial charge in [-0.1, -0.05) is 0 Å². The quantitative estimate of drug-likeness (QED) is 0.810. The van der Waals surface area contributed by atoms with Crippen LogP contribution in [0.25, 0.3) is 10.9 Å². The number of fused-ring (bicyclic) bond motifs is 1. The first-order chi connectivity index (χ1) is 10.2. The monoisotopic (exact) mass is 290 g/mol. The molecular weight excluding hydrogens is 271 g/mol. The fourth-order valence-electron chi connectivity index (χ4n) is 2.78. The minimum atomic E-state index is -0.339. The molecule has 1 amide bonds. The van der Waals surface area contributed by atoms with Crippen molar-refractivity contribution in [3.8, 4) is 0 Å². The van der Waals surface area contributed by atoms with E-state index in [2.05, 4.69) is 20.8 Å². The zero-order valence-electron chi connectivity index (χ0n) is 11.8. The molecule has 6 heteroatoms. The number of amides is 1. The van der Waals surface area contributed by atoms with Crippen LogP contribution in [0.3, 0.4) is 0 Å². The summed E-state index contributed by atoms with van der Waals surface area (Å²) in [4.78, 5) is 12.0. The highest BCUT2D eigenvalue weighted by atomic mass is 19.1. The van der Waals surface area contributed by atoms with Gasteiger partial charge in [0.25, 0.3) is 0 Å². The summed E-state index contributed by atoms with van der Waals surface area (Å²) in [5.74, 6) is 0.616. The third kappa shape index (κ3) is 3.39. The van der Waals surface area contributed by atoms with Gasteiger partial charge in [-0.2, -0.15) is 5.10 Å². The summed E-state index contributed by atoms with van der Waals surface area (Å²) in [6.07, 6.45) is 3.63. The van der Waals surface area contributed by atoms with Gasteiger partial charge in [0.2, 0.25) is 5.91 Å². The molecule has 0 unspecified atom stereocenters. The average Bonchev–Trinajstić information content (AvgIpc) is 2.88. The Morgan fingerprint density at radius 1 is 1.38 bits per heavy atom. The van der Waals surface area contributed by atoms with E-state index in [4.69, 9.17) is 0 Å². The summed E-state index contributed by atoms with van der Waals surface area (Å²) < 4.78 is 13.3. The van der Waals surface area contributed by atoms with Crippen molar-refractivity contribution in [1.82, 2.24) is 15.5 Å². The Hall–Kier alpha value is -1.95. The van der Waals surface area contributed by atoms with E-state index in [1.165, 1.54) is 12.1 Å². The maximum absolute atomic E-state index is 13.3. The Kier molecular flexibility index (Phi) is 4.15. The molecule has 2 heterocycles. The van der Waals surface area contributed by atoms with Crippen LogP contribution in [0.4, 0.5) is 10.2 Å². The Balaban J connectivity index is 1.59. The Labute approximate surface area is 122 Å². The fourth-order valence-corrected chi connectivity index (χ4v) is 2.78. The van der Waals surface area contributed by atoms with Crippen LogP contribution in [0.1, 0.15) is 25.7 Å². The SMILES string of the molecule is O=C(CCC1CCNCC1)Nc1n[nH]c2ccc(F)cc12. The van der Waals surface area contributed by atoms with Crippen molar-refractivity contribution in [2.24, 2.45) is 5.92 Å². The lowest BCUT2D eigenvalue weighted by atomic mass is 9.93. The fraction of sp³-hybridized carbons (Fsp3) is 0.467. The van der Waals surface area contributed by atoms with Crippen LogP contribution in [0.15, 0.2) is 18.2 Å². The van der Waals surface area contributed by atoms with Gasteiger partial charge in [0.1, 0.15) is 5.82 Å². The lowest BCUT2D eigenvalue weighted by Crippen LogP contribution is -2.28. The van der Waals surface area contributed by atoms with Gasteiger partial charge in [0.05, 0.1) is 5.52 Å². The second kappa shape index (κ2) is 6.22. The minimum absolute atomic E-state index is 0.0637. The molecule has 0 radical (unpaired) electrons. The lowest BCUT2D eigenvalue weighted by Gasteiger charge is -2.22. The molecule has 1 saturated heterocycles. The highest BCUT2D eigenvalue weighted by Crippen LogP contribution is 2.22. The molecule has 0 bridgehead atoms. The summed E-state index contributed by atoms with van der Waals surface area (Å²) in [6, 6.07) is 4.35. The number of rotatable bonds is 4. The first kappa shape index (κ1) is 14.0. The van der Waals surface area contributed by atoms with Gasteiger partial charge in [-0.25, -0.2) is 4.39 Å². The van der Waals surface area contributed by atoms with Crippen molar-refractivity contribution in [1.29, 1.82) is 0 Å². The number of carbonyl (C=O) groups is 1. The largest absolute Gasteiger partial charge is 0.317 e. The number of nitrogens with zero attached hydrogens (tertiary/aromatic N) is 1. The molecule has 3 rings (SSSR count). The summed E-state index contributed by atoms with van der Waals surface area (Å²) in [6.45, 7) is 2.07. The second-order valence-electron chi connectivity index (χ2n) is 5.54. The molecule has 1 fully saturated rings. The van der Waals surface area contributed by atoms with E-state index in [1.807, 2.05) is 0 Å². The number of hydrogen-bond donors (Lipinski definition) is 3. The molecule has 1 aliphatic heterocycles.